The molecule has 0 radical (unpaired) electrons. The maximum atomic E-state index is 13.4. The van der Waals surface area contributed by atoms with Crippen LogP contribution in [0.15, 0.2) is 53.7 Å². The van der Waals surface area contributed by atoms with Gasteiger partial charge in [0, 0.05) is 5.69 Å². The first kappa shape index (κ1) is 17.1. The van der Waals surface area contributed by atoms with Crippen LogP contribution < -0.4 is 5.32 Å². The normalized spacial score (nSPS) is 12.0. The maximum Gasteiger partial charge on any atom is 0.237 e. The van der Waals surface area contributed by atoms with Crippen molar-refractivity contribution in [3.05, 3.63) is 59.9 Å². The fraction of sp³-hybridized carbons (Fsp3) is 0.176. The quantitative estimate of drug-likeness (QED) is 0.710. The van der Waals surface area contributed by atoms with Crippen LogP contribution in [0.3, 0.4) is 0 Å². The molecule has 3 rings (SSSR count). The Morgan fingerprint density at radius 1 is 1.24 bits per heavy atom. The lowest BCUT2D eigenvalue weighted by Gasteiger charge is -2.12. The Morgan fingerprint density at radius 2 is 2.04 bits per heavy atom. The van der Waals surface area contributed by atoms with E-state index in [1.54, 1.807) is 19.1 Å². The summed E-state index contributed by atoms with van der Waals surface area (Å²) in [5.41, 5.74) is 2.30. The molecule has 1 heterocycles. The third kappa shape index (κ3) is 4.21. The largest absolute Gasteiger partial charge is 0.325 e. The zero-order valence-electron chi connectivity index (χ0n) is 13.7. The van der Waals surface area contributed by atoms with Crippen molar-refractivity contribution in [3.63, 3.8) is 0 Å². The van der Waals surface area contributed by atoms with E-state index >= 15 is 0 Å². The van der Waals surface area contributed by atoms with Crippen molar-refractivity contribution in [2.45, 2.75) is 24.3 Å². The van der Waals surface area contributed by atoms with E-state index in [4.69, 9.17) is 0 Å². The highest BCUT2D eigenvalue weighted by molar-refractivity contribution is 8.00. The van der Waals surface area contributed by atoms with Gasteiger partial charge in [-0.05, 0) is 60.2 Å². The number of anilines is 1. The van der Waals surface area contributed by atoms with Gasteiger partial charge >= 0.3 is 0 Å². The molecule has 1 N–H and O–H groups in total. The second-order valence-electron chi connectivity index (χ2n) is 5.47. The topological polar surface area (TPSA) is 72.7 Å². The molecule has 0 aliphatic carbocycles. The molecule has 1 unspecified atom stereocenters. The molecule has 0 aliphatic rings. The van der Waals surface area contributed by atoms with Crippen LogP contribution in [0.2, 0.25) is 0 Å². The fourth-order valence-corrected chi connectivity index (χ4v) is 3.01. The number of carbonyl (C=O) groups excluding carboxylic acids is 1. The van der Waals surface area contributed by atoms with E-state index in [1.165, 1.54) is 28.6 Å². The second kappa shape index (κ2) is 7.43. The lowest BCUT2D eigenvalue weighted by Crippen LogP contribution is -2.23. The Bertz CT molecular complexity index is 898. The maximum absolute atomic E-state index is 13.4. The highest BCUT2D eigenvalue weighted by Gasteiger charge is 2.19. The van der Waals surface area contributed by atoms with Gasteiger partial charge in [-0.3, -0.25) is 4.79 Å². The summed E-state index contributed by atoms with van der Waals surface area (Å²) < 4.78 is 14.8. The predicted molar refractivity (Wildman–Crippen MR) is 94.2 cm³/mol. The van der Waals surface area contributed by atoms with E-state index < -0.39 is 5.25 Å². The van der Waals surface area contributed by atoms with Gasteiger partial charge < -0.3 is 5.32 Å². The summed E-state index contributed by atoms with van der Waals surface area (Å²) in [6.45, 7) is 3.72. The number of thioether (sulfide) groups is 1. The molecule has 0 aliphatic heterocycles. The van der Waals surface area contributed by atoms with Crippen LogP contribution in [0.25, 0.3) is 5.69 Å². The third-order valence-electron chi connectivity index (χ3n) is 3.43. The summed E-state index contributed by atoms with van der Waals surface area (Å²) in [5, 5.41) is 14.3. The predicted octanol–water partition coefficient (Wildman–Crippen LogP) is 3.23. The molecule has 1 aromatic heterocycles. The molecule has 1 atom stereocenters. The number of hydrogen-bond donors (Lipinski definition) is 1. The Balaban J connectivity index is 1.72. The number of aromatic nitrogens is 4. The van der Waals surface area contributed by atoms with E-state index in [0.717, 1.165) is 11.3 Å². The summed E-state index contributed by atoms with van der Waals surface area (Å²) in [5.74, 6) is -0.543. The summed E-state index contributed by atoms with van der Waals surface area (Å²) in [6, 6.07) is 13.5. The number of nitrogens with one attached hydrogen (secondary N) is 1. The highest BCUT2D eigenvalue weighted by atomic mass is 32.2. The molecule has 6 nitrogen and oxygen atoms in total. The Labute approximate surface area is 148 Å². The van der Waals surface area contributed by atoms with Crippen LogP contribution in [0.5, 0.6) is 0 Å². The molecule has 8 heteroatoms. The monoisotopic (exact) mass is 357 g/mol. The number of hydrogen-bond acceptors (Lipinski definition) is 5. The van der Waals surface area contributed by atoms with Crippen molar-refractivity contribution in [3.8, 4) is 5.69 Å². The number of carbonyl (C=O) groups is 1. The highest BCUT2D eigenvalue weighted by Crippen LogP contribution is 2.24. The minimum atomic E-state index is -0.432. The van der Waals surface area contributed by atoms with Gasteiger partial charge in [-0.25, -0.2) is 4.39 Å². The standard InChI is InChI=1S/C17H16FN5OS/c1-11-5-3-7-14(9-11)19-16(24)12(2)25-17-20-21-22-23(17)15-8-4-6-13(18)10-15/h3-10,12H,1-2H3,(H,19,24). The third-order valence-corrected chi connectivity index (χ3v) is 4.46. The first-order chi connectivity index (χ1) is 12.0. The summed E-state index contributed by atoms with van der Waals surface area (Å²) in [6.07, 6.45) is 0. The number of aryl methyl sites for hydroxylation is 1. The van der Waals surface area contributed by atoms with Gasteiger partial charge in [0.25, 0.3) is 0 Å². The van der Waals surface area contributed by atoms with Crippen molar-refractivity contribution >= 4 is 23.4 Å². The second-order valence-corrected chi connectivity index (χ2v) is 6.78. The summed E-state index contributed by atoms with van der Waals surface area (Å²) in [7, 11) is 0. The van der Waals surface area contributed by atoms with Crippen LogP contribution in [0.4, 0.5) is 10.1 Å². The van der Waals surface area contributed by atoms with Crippen LogP contribution in [-0.4, -0.2) is 31.4 Å². The van der Waals surface area contributed by atoms with Crippen molar-refractivity contribution in [2.24, 2.45) is 0 Å². The molecular formula is C17H16FN5OS. The Kier molecular flexibility index (Phi) is 5.08. The van der Waals surface area contributed by atoms with Gasteiger partial charge in [0.1, 0.15) is 5.82 Å². The summed E-state index contributed by atoms with van der Waals surface area (Å²) >= 11 is 1.20. The van der Waals surface area contributed by atoms with E-state index in [2.05, 4.69) is 20.8 Å². The number of amides is 1. The summed E-state index contributed by atoms with van der Waals surface area (Å²) in [4.78, 5) is 12.4. The van der Waals surface area contributed by atoms with Crippen molar-refractivity contribution in [1.82, 2.24) is 20.2 Å². The lowest BCUT2D eigenvalue weighted by molar-refractivity contribution is -0.115. The van der Waals surface area contributed by atoms with E-state index in [0.29, 0.717) is 10.8 Å². The van der Waals surface area contributed by atoms with E-state index in [9.17, 15) is 9.18 Å². The van der Waals surface area contributed by atoms with Crippen molar-refractivity contribution in [2.75, 3.05) is 5.32 Å². The van der Waals surface area contributed by atoms with Gasteiger partial charge in [0.05, 0.1) is 10.9 Å². The molecule has 0 bridgehead atoms. The van der Waals surface area contributed by atoms with Crippen molar-refractivity contribution in [1.29, 1.82) is 0 Å². The molecule has 25 heavy (non-hydrogen) atoms. The van der Waals surface area contributed by atoms with Gasteiger partial charge in [-0.1, -0.05) is 30.0 Å². The average molecular weight is 357 g/mol. The van der Waals surface area contributed by atoms with E-state index in [1.807, 2.05) is 31.2 Å². The molecule has 2 aromatic carbocycles. The fourth-order valence-electron chi connectivity index (χ4n) is 2.20. The van der Waals surface area contributed by atoms with Crippen LogP contribution in [0, 0.1) is 12.7 Å². The number of halogens is 1. The zero-order chi connectivity index (χ0) is 17.8. The number of tetrazole rings is 1. The van der Waals surface area contributed by atoms with Crippen LogP contribution in [-0.2, 0) is 4.79 Å². The molecule has 0 saturated heterocycles. The van der Waals surface area contributed by atoms with Crippen LogP contribution in [0.1, 0.15) is 12.5 Å². The first-order valence-electron chi connectivity index (χ1n) is 7.61. The molecule has 3 aromatic rings. The zero-order valence-corrected chi connectivity index (χ0v) is 14.5. The van der Waals surface area contributed by atoms with Crippen LogP contribution >= 0.6 is 11.8 Å². The van der Waals surface area contributed by atoms with Gasteiger partial charge in [-0.2, -0.15) is 4.68 Å². The molecule has 0 fully saturated rings. The first-order valence-corrected chi connectivity index (χ1v) is 8.49. The number of nitrogens with zero attached hydrogens (tertiary/aromatic N) is 4. The lowest BCUT2D eigenvalue weighted by atomic mass is 10.2. The smallest absolute Gasteiger partial charge is 0.237 e. The van der Waals surface area contributed by atoms with Gasteiger partial charge in [0.2, 0.25) is 11.1 Å². The van der Waals surface area contributed by atoms with E-state index in [-0.39, 0.29) is 11.7 Å². The number of rotatable bonds is 5. The minimum absolute atomic E-state index is 0.163. The Hall–Kier alpha value is -2.74. The molecular weight excluding hydrogens is 341 g/mol. The minimum Gasteiger partial charge on any atom is -0.325 e. The van der Waals surface area contributed by atoms with Crippen molar-refractivity contribution < 1.29 is 9.18 Å². The number of benzene rings is 2. The molecule has 1 amide bonds. The average Bonchev–Trinajstić information content (AvgIpc) is 3.03. The SMILES string of the molecule is Cc1cccc(NC(=O)C(C)Sc2nnnn2-c2cccc(F)c2)c1. The molecule has 128 valence electrons. The van der Waals surface area contributed by atoms with Gasteiger partial charge in [-0.15, -0.1) is 5.10 Å². The van der Waals surface area contributed by atoms with Gasteiger partial charge in [0.15, 0.2) is 0 Å². The Morgan fingerprint density at radius 3 is 2.80 bits per heavy atom. The molecule has 0 saturated carbocycles. The molecule has 0 spiro atoms.